The van der Waals surface area contributed by atoms with Crippen LogP contribution in [0.5, 0.6) is 0 Å². The maximum atomic E-state index is 12.5. The molecular weight excluding hydrogens is 372 g/mol. The van der Waals surface area contributed by atoms with Crippen LogP contribution in [0, 0.1) is 0 Å². The van der Waals surface area contributed by atoms with Crippen LogP contribution in [0.25, 0.3) is 0 Å². The van der Waals surface area contributed by atoms with Gasteiger partial charge in [-0.3, -0.25) is 9.52 Å². The van der Waals surface area contributed by atoms with Gasteiger partial charge in [0.05, 0.1) is 4.90 Å². The molecule has 0 bridgehead atoms. The number of rotatable bonds is 7. The van der Waals surface area contributed by atoms with Crippen molar-refractivity contribution in [2.45, 2.75) is 17.7 Å². The number of nitrogens with one attached hydrogen (secondary N) is 2. The summed E-state index contributed by atoms with van der Waals surface area (Å²) < 4.78 is 27.4. The monoisotopic (exact) mass is 394 g/mol. The van der Waals surface area contributed by atoms with Crippen molar-refractivity contribution in [1.29, 1.82) is 0 Å². The molecular formula is C22H22N2O3S. The molecule has 0 saturated heterocycles. The van der Waals surface area contributed by atoms with Gasteiger partial charge in [0.15, 0.2) is 0 Å². The van der Waals surface area contributed by atoms with Crippen LogP contribution in [0.2, 0.25) is 0 Å². The van der Waals surface area contributed by atoms with Crippen molar-refractivity contribution in [3.05, 3.63) is 96.1 Å². The molecule has 5 nitrogen and oxygen atoms in total. The molecule has 0 unspecified atom stereocenters. The first-order chi connectivity index (χ1) is 13.5. The molecule has 0 aliphatic carbocycles. The molecule has 1 amide bonds. The summed E-state index contributed by atoms with van der Waals surface area (Å²) in [6.07, 6.45) is 0. The van der Waals surface area contributed by atoms with E-state index in [1.165, 1.54) is 18.2 Å². The van der Waals surface area contributed by atoms with Gasteiger partial charge in [-0.25, -0.2) is 8.42 Å². The molecule has 0 heterocycles. The summed E-state index contributed by atoms with van der Waals surface area (Å²) in [6, 6.07) is 24.5. The minimum atomic E-state index is -3.70. The number of anilines is 1. The summed E-state index contributed by atoms with van der Waals surface area (Å²) >= 11 is 0. The first-order valence-corrected chi connectivity index (χ1v) is 10.4. The molecule has 0 aliphatic heterocycles. The second-order valence-corrected chi connectivity index (χ2v) is 8.20. The molecule has 144 valence electrons. The van der Waals surface area contributed by atoms with Crippen LogP contribution in [0.1, 0.15) is 28.8 Å². The second kappa shape index (κ2) is 8.71. The lowest BCUT2D eigenvalue weighted by molar-refractivity contribution is 0.0951. The highest BCUT2D eigenvalue weighted by atomic mass is 32.2. The van der Waals surface area contributed by atoms with Gasteiger partial charge < -0.3 is 5.32 Å². The van der Waals surface area contributed by atoms with Crippen LogP contribution >= 0.6 is 0 Å². The molecule has 28 heavy (non-hydrogen) atoms. The van der Waals surface area contributed by atoms with E-state index in [9.17, 15) is 13.2 Å². The van der Waals surface area contributed by atoms with Gasteiger partial charge in [-0.05, 0) is 41.8 Å². The molecule has 0 aromatic heterocycles. The molecule has 6 heteroatoms. The third kappa shape index (κ3) is 4.98. The molecule has 0 fully saturated rings. The number of hydrogen-bond donors (Lipinski definition) is 2. The van der Waals surface area contributed by atoms with Crippen LogP contribution in [0.4, 0.5) is 5.69 Å². The Bertz CT molecular complexity index is 1040. The Morgan fingerprint density at radius 2 is 1.54 bits per heavy atom. The Kier molecular flexibility index (Phi) is 6.11. The number of benzene rings is 3. The zero-order chi connectivity index (χ0) is 20.0. The van der Waals surface area contributed by atoms with Gasteiger partial charge >= 0.3 is 0 Å². The Morgan fingerprint density at radius 3 is 2.21 bits per heavy atom. The molecule has 0 spiro atoms. The summed E-state index contributed by atoms with van der Waals surface area (Å²) in [5.74, 6) is -0.0755. The van der Waals surface area contributed by atoms with E-state index in [1.54, 1.807) is 36.4 Å². The Morgan fingerprint density at radius 1 is 0.893 bits per heavy atom. The summed E-state index contributed by atoms with van der Waals surface area (Å²) in [5.41, 5.74) is 1.88. The molecule has 2 N–H and O–H groups in total. The average Bonchev–Trinajstić information content (AvgIpc) is 2.73. The summed E-state index contributed by atoms with van der Waals surface area (Å²) in [6.45, 7) is 2.53. The predicted molar refractivity (Wildman–Crippen MR) is 111 cm³/mol. The van der Waals surface area contributed by atoms with Crippen molar-refractivity contribution in [1.82, 2.24) is 5.32 Å². The average molecular weight is 394 g/mol. The van der Waals surface area contributed by atoms with E-state index in [4.69, 9.17) is 0 Å². The van der Waals surface area contributed by atoms with Crippen molar-refractivity contribution in [2.24, 2.45) is 0 Å². The Balaban J connectivity index is 1.66. The summed E-state index contributed by atoms with van der Waals surface area (Å²) in [5, 5.41) is 2.90. The van der Waals surface area contributed by atoms with Crippen LogP contribution < -0.4 is 10.0 Å². The fourth-order valence-corrected chi connectivity index (χ4v) is 3.86. The fourth-order valence-electron chi connectivity index (χ4n) is 2.78. The number of carbonyl (C=O) groups is 1. The van der Waals surface area contributed by atoms with Crippen LogP contribution in [-0.2, 0) is 10.0 Å². The van der Waals surface area contributed by atoms with Crippen molar-refractivity contribution in [2.75, 3.05) is 11.3 Å². The van der Waals surface area contributed by atoms with E-state index >= 15 is 0 Å². The van der Waals surface area contributed by atoms with Crippen LogP contribution in [-0.4, -0.2) is 20.9 Å². The molecule has 0 aliphatic rings. The molecule has 3 aromatic carbocycles. The van der Waals surface area contributed by atoms with Gasteiger partial charge in [0.2, 0.25) is 0 Å². The van der Waals surface area contributed by atoms with Crippen LogP contribution in [0.3, 0.4) is 0 Å². The van der Waals surface area contributed by atoms with E-state index < -0.39 is 10.0 Å². The van der Waals surface area contributed by atoms with Crippen molar-refractivity contribution in [3.8, 4) is 0 Å². The quantitative estimate of drug-likeness (QED) is 0.635. The number of sulfonamides is 1. The lowest BCUT2D eigenvalue weighted by Gasteiger charge is -2.14. The zero-order valence-electron chi connectivity index (χ0n) is 15.5. The molecule has 0 saturated carbocycles. The second-order valence-electron chi connectivity index (χ2n) is 6.52. The highest BCUT2D eigenvalue weighted by Gasteiger charge is 2.15. The number of hydrogen-bond acceptors (Lipinski definition) is 3. The predicted octanol–water partition coefficient (Wildman–Crippen LogP) is 4.02. The number of carbonyl (C=O) groups excluding carboxylic acids is 1. The van der Waals surface area contributed by atoms with Crippen molar-refractivity contribution < 1.29 is 13.2 Å². The maximum Gasteiger partial charge on any atom is 0.261 e. The smallest absolute Gasteiger partial charge is 0.261 e. The first kappa shape index (κ1) is 19.6. The van der Waals surface area contributed by atoms with E-state index in [-0.39, 0.29) is 16.7 Å². The van der Waals surface area contributed by atoms with Gasteiger partial charge in [-0.15, -0.1) is 0 Å². The number of amides is 1. The third-order valence-electron chi connectivity index (χ3n) is 4.37. The molecule has 0 radical (unpaired) electrons. The van der Waals surface area contributed by atoms with Gasteiger partial charge in [0.25, 0.3) is 15.9 Å². The summed E-state index contributed by atoms with van der Waals surface area (Å²) in [4.78, 5) is 12.6. The standard InChI is InChI=1S/C22H22N2O3S/c1-17(18-9-4-2-5-10-18)16-23-22(25)19-11-8-12-20(15-19)24-28(26,27)21-13-6-3-7-14-21/h2-15,17,24H,16H2,1H3,(H,23,25)/t17-/m1/s1. The lowest BCUT2D eigenvalue weighted by atomic mass is 10.0. The first-order valence-electron chi connectivity index (χ1n) is 8.97. The van der Waals surface area contributed by atoms with Crippen molar-refractivity contribution in [3.63, 3.8) is 0 Å². The van der Waals surface area contributed by atoms with Crippen LogP contribution in [0.15, 0.2) is 89.8 Å². The van der Waals surface area contributed by atoms with E-state index in [0.29, 0.717) is 17.8 Å². The van der Waals surface area contributed by atoms with E-state index in [2.05, 4.69) is 10.0 Å². The topological polar surface area (TPSA) is 75.3 Å². The van der Waals surface area contributed by atoms with Crippen molar-refractivity contribution >= 4 is 21.6 Å². The van der Waals surface area contributed by atoms with Gasteiger partial charge in [0.1, 0.15) is 0 Å². The largest absolute Gasteiger partial charge is 0.351 e. The Labute approximate surface area is 165 Å². The SMILES string of the molecule is C[C@H](CNC(=O)c1cccc(NS(=O)(=O)c2ccccc2)c1)c1ccccc1. The van der Waals surface area contributed by atoms with Gasteiger partial charge in [-0.1, -0.05) is 61.5 Å². The fraction of sp³-hybridized carbons (Fsp3) is 0.136. The van der Waals surface area contributed by atoms with E-state index in [0.717, 1.165) is 5.56 Å². The third-order valence-corrected chi connectivity index (χ3v) is 5.77. The highest BCUT2D eigenvalue weighted by molar-refractivity contribution is 7.92. The maximum absolute atomic E-state index is 12.5. The Hall–Kier alpha value is -3.12. The zero-order valence-corrected chi connectivity index (χ0v) is 16.3. The minimum Gasteiger partial charge on any atom is -0.351 e. The summed E-state index contributed by atoms with van der Waals surface area (Å²) in [7, 11) is -3.70. The normalized spacial score (nSPS) is 12.2. The van der Waals surface area contributed by atoms with Gasteiger partial charge in [-0.2, -0.15) is 0 Å². The lowest BCUT2D eigenvalue weighted by Crippen LogP contribution is -2.27. The highest BCUT2D eigenvalue weighted by Crippen LogP contribution is 2.18. The molecule has 3 rings (SSSR count). The molecule has 1 atom stereocenters. The molecule has 3 aromatic rings. The minimum absolute atomic E-state index is 0.168. The van der Waals surface area contributed by atoms with E-state index in [1.807, 2.05) is 37.3 Å². The van der Waals surface area contributed by atoms with Gasteiger partial charge in [0, 0.05) is 17.8 Å².